The average molecular weight is 190 g/mol. The molecule has 12 heavy (non-hydrogen) atoms. The lowest BCUT2D eigenvalue weighted by Gasteiger charge is -2.08. The lowest BCUT2D eigenvalue weighted by atomic mass is 10.3. The van der Waals surface area contributed by atoms with Crippen LogP contribution >= 0.6 is 11.8 Å². The van der Waals surface area contributed by atoms with Crippen LogP contribution in [0.2, 0.25) is 0 Å². The van der Waals surface area contributed by atoms with E-state index in [4.69, 9.17) is 5.73 Å². The van der Waals surface area contributed by atoms with Gasteiger partial charge in [0.05, 0.1) is 6.04 Å². The van der Waals surface area contributed by atoms with Gasteiger partial charge in [-0.3, -0.25) is 14.9 Å². The second-order valence-corrected chi connectivity index (χ2v) is 3.63. The molecule has 3 N–H and O–H groups in total. The van der Waals surface area contributed by atoms with Gasteiger partial charge >= 0.3 is 0 Å². The van der Waals surface area contributed by atoms with Crippen molar-refractivity contribution in [3.8, 4) is 0 Å². The van der Waals surface area contributed by atoms with E-state index < -0.39 is 11.9 Å². The third-order valence-corrected chi connectivity index (χ3v) is 2.14. The van der Waals surface area contributed by atoms with E-state index in [2.05, 4.69) is 5.32 Å². The third-order valence-electron chi connectivity index (χ3n) is 1.14. The lowest BCUT2D eigenvalue weighted by molar-refractivity contribution is -0.129. The highest BCUT2D eigenvalue weighted by atomic mass is 32.2. The maximum Gasteiger partial charge on any atom is 0.244 e. The maximum atomic E-state index is 11.0. The Kier molecular flexibility index (Phi) is 5.74. The Morgan fingerprint density at radius 2 is 2.17 bits per heavy atom. The SMILES string of the molecule is CCSCC(N)C(=O)NC(C)=O. The first-order chi connectivity index (χ1) is 5.57. The largest absolute Gasteiger partial charge is 0.319 e. The zero-order valence-corrected chi connectivity index (χ0v) is 8.11. The molecule has 1 atom stereocenters. The molecule has 4 nitrogen and oxygen atoms in total. The summed E-state index contributed by atoms with van der Waals surface area (Å²) in [7, 11) is 0. The third kappa shape index (κ3) is 5.15. The van der Waals surface area contributed by atoms with Crippen molar-refractivity contribution in [3.05, 3.63) is 0 Å². The minimum Gasteiger partial charge on any atom is -0.319 e. The van der Waals surface area contributed by atoms with Crippen molar-refractivity contribution in [2.45, 2.75) is 19.9 Å². The first-order valence-corrected chi connectivity index (χ1v) is 4.88. The molecule has 0 aromatic rings. The molecule has 0 aliphatic carbocycles. The summed E-state index contributed by atoms with van der Waals surface area (Å²) < 4.78 is 0. The molecule has 0 aromatic heterocycles. The topological polar surface area (TPSA) is 72.2 Å². The molecule has 1 unspecified atom stereocenters. The van der Waals surface area contributed by atoms with E-state index in [1.54, 1.807) is 11.8 Å². The Hall–Kier alpha value is -0.550. The normalized spacial score (nSPS) is 12.2. The van der Waals surface area contributed by atoms with Crippen molar-refractivity contribution in [2.75, 3.05) is 11.5 Å². The fourth-order valence-corrected chi connectivity index (χ4v) is 1.23. The first-order valence-electron chi connectivity index (χ1n) is 3.72. The molecule has 0 saturated carbocycles. The molecule has 0 aromatic carbocycles. The van der Waals surface area contributed by atoms with Gasteiger partial charge < -0.3 is 5.73 Å². The molecule has 0 spiro atoms. The molecule has 0 saturated heterocycles. The second kappa shape index (κ2) is 6.02. The average Bonchev–Trinajstić information content (AvgIpc) is 1.98. The van der Waals surface area contributed by atoms with Crippen molar-refractivity contribution >= 4 is 23.6 Å². The number of amides is 2. The van der Waals surface area contributed by atoms with Crippen molar-refractivity contribution in [3.63, 3.8) is 0 Å². The Morgan fingerprint density at radius 1 is 1.58 bits per heavy atom. The molecule has 0 aliphatic rings. The quantitative estimate of drug-likeness (QED) is 0.640. The highest BCUT2D eigenvalue weighted by Gasteiger charge is 2.13. The van der Waals surface area contributed by atoms with Gasteiger partial charge in [0.2, 0.25) is 11.8 Å². The molecular formula is C7H14N2O2S. The first kappa shape index (κ1) is 11.4. The Morgan fingerprint density at radius 3 is 2.58 bits per heavy atom. The van der Waals surface area contributed by atoms with E-state index in [-0.39, 0.29) is 5.91 Å². The molecule has 0 heterocycles. The van der Waals surface area contributed by atoms with Crippen molar-refractivity contribution in [1.29, 1.82) is 0 Å². The monoisotopic (exact) mass is 190 g/mol. The van der Waals surface area contributed by atoms with Gasteiger partial charge in [-0.2, -0.15) is 11.8 Å². The second-order valence-electron chi connectivity index (χ2n) is 2.31. The van der Waals surface area contributed by atoms with Crippen LogP contribution in [0, 0.1) is 0 Å². The van der Waals surface area contributed by atoms with Crippen LogP contribution in [0.25, 0.3) is 0 Å². The number of carbonyl (C=O) groups excluding carboxylic acids is 2. The smallest absolute Gasteiger partial charge is 0.244 e. The zero-order valence-electron chi connectivity index (χ0n) is 7.29. The van der Waals surface area contributed by atoms with E-state index in [0.29, 0.717) is 5.75 Å². The minimum atomic E-state index is -0.584. The number of imide groups is 1. The molecule has 70 valence electrons. The van der Waals surface area contributed by atoms with Crippen molar-refractivity contribution in [1.82, 2.24) is 5.32 Å². The fraction of sp³-hybridized carbons (Fsp3) is 0.714. The molecule has 0 fully saturated rings. The van der Waals surface area contributed by atoms with Crippen LogP contribution in [0.3, 0.4) is 0 Å². The Labute approximate surface area is 76.3 Å². The number of hydrogen-bond acceptors (Lipinski definition) is 4. The van der Waals surface area contributed by atoms with Gasteiger partial charge in [-0.1, -0.05) is 6.92 Å². The molecule has 5 heteroatoms. The van der Waals surface area contributed by atoms with Crippen LogP contribution in [-0.4, -0.2) is 29.4 Å². The number of hydrogen-bond donors (Lipinski definition) is 2. The van der Waals surface area contributed by atoms with Crippen LogP contribution < -0.4 is 11.1 Å². The summed E-state index contributed by atoms with van der Waals surface area (Å²) in [5.41, 5.74) is 5.47. The van der Waals surface area contributed by atoms with E-state index in [9.17, 15) is 9.59 Å². The summed E-state index contributed by atoms with van der Waals surface area (Å²) in [6, 6.07) is -0.584. The summed E-state index contributed by atoms with van der Waals surface area (Å²) in [6.45, 7) is 3.28. The van der Waals surface area contributed by atoms with Gasteiger partial charge in [0.1, 0.15) is 0 Å². The minimum absolute atomic E-state index is 0.364. The van der Waals surface area contributed by atoms with Crippen LogP contribution in [0.4, 0.5) is 0 Å². The number of rotatable bonds is 4. The van der Waals surface area contributed by atoms with Crippen LogP contribution in [0.15, 0.2) is 0 Å². The molecule has 0 bridgehead atoms. The summed E-state index contributed by atoms with van der Waals surface area (Å²) in [5.74, 6) is 0.705. The lowest BCUT2D eigenvalue weighted by Crippen LogP contribution is -2.44. The highest BCUT2D eigenvalue weighted by Crippen LogP contribution is 1.99. The molecule has 0 rings (SSSR count). The van der Waals surface area contributed by atoms with Gasteiger partial charge in [-0.05, 0) is 5.75 Å². The van der Waals surface area contributed by atoms with E-state index >= 15 is 0 Å². The number of carbonyl (C=O) groups is 2. The Balaban J connectivity index is 3.69. The number of nitrogens with one attached hydrogen (secondary N) is 1. The molecule has 0 radical (unpaired) electrons. The predicted octanol–water partition coefficient (Wildman–Crippen LogP) is -0.271. The Bertz CT molecular complexity index is 173. The molecular weight excluding hydrogens is 176 g/mol. The number of nitrogens with two attached hydrogens (primary N) is 1. The van der Waals surface area contributed by atoms with E-state index in [1.165, 1.54) is 6.92 Å². The summed E-state index contributed by atoms with van der Waals surface area (Å²) in [6.07, 6.45) is 0. The molecule has 0 aliphatic heterocycles. The van der Waals surface area contributed by atoms with Gasteiger partial charge in [0, 0.05) is 12.7 Å². The van der Waals surface area contributed by atoms with Crippen LogP contribution in [0.5, 0.6) is 0 Å². The van der Waals surface area contributed by atoms with Gasteiger partial charge in [0.25, 0.3) is 0 Å². The van der Waals surface area contributed by atoms with Gasteiger partial charge in [-0.25, -0.2) is 0 Å². The van der Waals surface area contributed by atoms with E-state index in [1.807, 2.05) is 6.92 Å². The van der Waals surface area contributed by atoms with E-state index in [0.717, 1.165) is 5.75 Å². The zero-order chi connectivity index (χ0) is 9.56. The summed E-state index contributed by atoms with van der Waals surface area (Å²) >= 11 is 1.57. The molecule has 2 amide bonds. The highest BCUT2D eigenvalue weighted by molar-refractivity contribution is 7.99. The van der Waals surface area contributed by atoms with Gasteiger partial charge in [0.15, 0.2) is 0 Å². The van der Waals surface area contributed by atoms with Crippen LogP contribution in [-0.2, 0) is 9.59 Å². The van der Waals surface area contributed by atoms with Gasteiger partial charge in [-0.15, -0.1) is 0 Å². The maximum absolute atomic E-state index is 11.0. The summed E-state index contributed by atoms with van der Waals surface area (Å²) in [5, 5.41) is 2.14. The fourth-order valence-electron chi connectivity index (χ4n) is 0.587. The van der Waals surface area contributed by atoms with Crippen molar-refractivity contribution in [2.24, 2.45) is 5.73 Å². The standard InChI is InChI=1S/C7H14N2O2S/c1-3-12-4-6(8)7(11)9-5(2)10/h6H,3-4,8H2,1-2H3,(H,9,10,11). The summed E-state index contributed by atoms with van der Waals surface area (Å²) in [4.78, 5) is 21.4. The predicted molar refractivity (Wildman–Crippen MR) is 49.8 cm³/mol. The van der Waals surface area contributed by atoms with Crippen molar-refractivity contribution < 1.29 is 9.59 Å². The number of thioether (sulfide) groups is 1. The van der Waals surface area contributed by atoms with Crippen LogP contribution in [0.1, 0.15) is 13.8 Å².